The number of hydrogen-bond donors (Lipinski definition) is 1. The number of nitrogens with one attached hydrogen (secondary N) is 1. The fourth-order valence-electron chi connectivity index (χ4n) is 1.80. The molecule has 0 spiro atoms. The van der Waals surface area contributed by atoms with Crippen LogP contribution in [0.25, 0.3) is 10.8 Å². The highest BCUT2D eigenvalue weighted by Gasteiger charge is 2.03. The molecule has 0 aliphatic rings. The van der Waals surface area contributed by atoms with Crippen LogP contribution in [-0.4, -0.2) is 19.6 Å². The number of amides is 1. The average Bonchev–Trinajstić information content (AvgIpc) is 2.44. The van der Waals surface area contributed by atoms with Crippen LogP contribution in [-0.2, 0) is 11.2 Å². The van der Waals surface area contributed by atoms with Gasteiger partial charge in [0.1, 0.15) is 5.75 Å². The maximum absolute atomic E-state index is 11.0. The second-order valence-electron chi connectivity index (χ2n) is 3.98. The summed E-state index contributed by atoms with van der Waals surface area (Å²) in [5.41, 5.74) is 0.544. The Morgan fingerprint density at radius 3 is 2.94 bits per heavy atom. The monoisotopic (exact) mass is 245 g/mol. The molecule has 2 aromatic rings. The second-order valence-corrected chi connectivity index (χ2v) is 3.98. The van der Waals surface area contributed by atoms with Gasteiger partial charge in [-0.25, -0.2) is 0 Å². The molecule has 3 heteroatoms. The van der Waals surface area contributed by atoms with Gasteiger partial charge in [0.2, 0.25) is 5.91 Å². The molecule has 0 saturated heterocycles. The molecule has 0 aliphatic heterocycles. The molecule has 0 unspecified atom stereocenters. The zero-order chi connectivity index (χ0) is 14.8. The Hall–Kier alpha value is -2.03. The number of carbonyl (C=O) groups is 1. The van der Waals surface area contributed by atoms with E-state index in [2.05, 4.69) is 5.32 Å². The molecular formula is C15H17NO2. The lowest BCUT2D eigenvalue weighted by atomic mass is 10.0. The third-order valence-electron chi connectivity index (χ3n) is 2.71. The van der Waals surface area contributed by atoms with E-state index >= 15 is 0 Å². The number of methoxy groups -OCH3 is 1. The summed E-state index contributed by atoms with van der Waals surface area (Å²) in [5.74, 6) is 0.437. The molecular weight excluding hydrogens is 226 g/mol. The molecule has 1 amide bonds. The fourth-order valence-corrected chi connectivity index (χ4v) is 1.80. The van der Waals surface area contributed by atoms with Crippen LogP contribution in [0.3, 0.4) is 0 Å². The van der Waals surface area contributed by atoms with Gasteiger partial charge in [-0.15, -0.1) is 0 Å². The van der Waals surface area contributed by atoms with Crippen molar-refractivity contribution in [2.24, 2.45) is 0 Å². The Kier molecular flexibility index (Phi) is 3.06. The van der Waals surface area contributed by atoms with Crippen LogP contribution >= 0.6 is 0 Å². The summed E-state index contributed by atoms with van der Waals surface area (Å²) in [5, 5.41) is 4.27. The van der Waals surface area contributed by atoms with Gasteiger partial charge in [0.25, 0.3) is 0 Å². The Morgan fingerprint density at radius 2 is 2.22 bits per heavy atom. The van der Waals surface area contributed by atoms with Crippen molar-refractivity contribution in [3.05, 3.63) is 42.0 Å². The van der Waals surface area contributed by atoms with E-state index in [4.69, 9.17) is 7.48 Å². The van der Waals surface area contributed by atoms with Crippen molar-refractivity contribution in [2.75, 3.05) is 13.7 Å². The quantitative estimate of drug-likeness (QED) is 0.899. The number of benzene rings is 2. The lowest BCUT2D eigenvalue weighted by molar-refractivity contribution is -0.118. The molecule has 0 radical (unpaired) electrons. The first kappa shape index (κ1) is 9.95. The number of ether oxygens (including phenoxy) is 1. The van der Waals surface area contributed by atoms with Gasteiger partial charge in [0.05, 0.1) is 7.11 Å². The summed E-state index contributed by atoms with van der Waals surface area (Å²) in [6.45, 7) is 1.32. The van der Waals surface area contributed by atoms with Gasteiger partial charge in [-0.05, 0) is 34.8 Å². The first-order valence-electron chi connectivity index (χ1n) is 6.76. The van der Waals surface area contributed by atoms with E-state index in [1.165, 1.54) is 6.92 Å². The summed E-state index contributed by atoms with van der Waals surface area (Å²) in [7, 11) is 1.58. The van der Waals surface area contributed by atoms with Gasteiger partial charge in [0.15, 0.2) is 0 Å². The fraction of sp³-hybridized carbons (Fsp3) is 0.267. The van der Waals surface area contributed by atoms with Crippen molar-refractivity contribution in [1.82, 2.24) is 5.32 Å². The second kappa shape index (κ2) is 5.54. The maximum atomic E-state index is 11.0. The standard InChI is InChI=1S/C15H17NO2/c1-11(17)16-9-8-13-5-3-4-12-6-7-14(18-2)10-15(12)13/h3-7,10H,8-9H2,1-2H3,(H,16,17)/i8D2. The maximum Gasteiger partial charge on any atom is 0.216 e. The van der Waals surface area contributed by atoms with Gasteiger partial charge < -0.3 is 10.1 Å². The molecule has 0 heterocycles. The third-order valence-corrected chi connectivity index (χ3v) is 2.71. The highest BCUT2D eigenvalue weighted by atomic mass is 16.5. The Morgan fingerprint density at radius 1 is 1.39 bits per heavy atom. The van der Waals surface area contributed by atoms with Crippen LogP contribution in [0, 0.1) is 0 Å². The molecule has 0 saturated carbocycles. The largest absolute Gasteiger partial charge is 0.497 e. The van der Waals surface area contributed by atoms with Crippen LogP contribution in [0.2, 0.25) is 0 Å². The minimum Gasteiger partial charge on any atom is -0.497 e. The number of fused-ring (bicyclic) bond motifs is 1. The smallest absolute Gasteiger partial charge is 0.216 e. The van der Waals surface area contributed by atoms with Crippen molar-refractivity contribution < 1.29 is 12.3 Å². The summed E-state index contributed by atoms with van der Waals surface area (Å²) < 4.78 is 21.6. The van der Waals surface area contributed by atoms with E-state index in [0.29, 0.717) is 11.3 Å². The van der Waals surface area contributed by atoms with Crippen LogP contribution in [0.4, 0.5) is 0 Å². The third kappa shape index (κ3) is 2.80. The van der Waals surface area contributed by atoms with Crippen molar-refractivity contribution in [3.8, 4) is 5.75 Å². The molecule has 0 atom stereocenters. The minimum absolute atomic E-state index is 0.0569. The Bertz CT molecular complexity index is 641. The van der Waals surface area contributed by atoms with Crippen LogP contribution in [0.1, 0.15) is 15.2 Å². The molecule has 18 heavy (non-hydrogen) atoms. The van der Waals surface area contributed by atoms with E-state index in [9.17, 15) is 4.79 Å². The van der Waals surface area contributed by atoms with Gasteiger partial charge in [-0.1, -0.05) is 24.3 Å². The van der Waals surface area contributed by atoms with Gasteiger partial charge in [0, 0.05) is 16.2 Å². The van der Waals surface area contributed by atoms with Crippen molar-refractivity contribution in [1.29, 1.82) is 0 Å². The topological polar surface area (TPSA) is 38.3 Å². The molecule has 1 N–H and O–H groups in total. The normalized spacial score (nSPS) is 12.8. The van der Waals surface area contributed by atoms with E-state index < -0.39 is 6.37 Å². The molecule has 3 nitrogen and oxygen atoms in total. The first-order valence-corrected chi connectivity index (χ1v) is 5.76. The highest BCUT2D eigenvalue weighted by molar-refractivity contribution is 5.87. The molecule has 94 valence electrons. The lowest BCUT2D eigenvalue weighted by Gasteiger charge is -2.08. The van der Waals surface area contributed by atoms with Gasteiger partial charge in [-0.3, -0.25) is 4.79 Å². The van der Waals surface area contributed by atoms with E-state index in [1.807, 2.05) is 30.3 Å². The van der Waals surface area contributed by atoms with E-state index in [-0.39, 0.29) is 12.5 Å². The summed E-state index contributed by atoms with van der Waals surface area (Å²) in [6.07, 6.45) is -1.64. The summed E-state index contributed by atoms with van der Waals surface area (Å²) >= 11 is 0. The van der Waals surface area contributed by atoms with Crippen LogP contribution in [0.15, 0.2) is 36.4 Å². The predicted octanol–water partition coefficient (Wildman–Crippen LogP) is 2.53. The number of rotatable bonds is 4. The van der Waals surface area contributed by atoms with Gasteiger partial charge in [-0.2, -0.15) is 0 Å². The van der Waals surface area contributed by atoms with E-state index in [0.717, 1.165) is 10.8 Å². The predicted molar refractivity (Wildman–Crippen MR) is 72.9 cm³/mol. The lowest BCUT2D eigenvalue weighted by Crippen LogP contribution is -2.22. The molecule has 0 bridgehead atoms. The van der Waals surface area contributed by atoms with Crippen molar-refractivity contribution in [3.63, 3.8) is 0 Å². The molecule has 0 aliphatic carbocycles. The first-order chi connectivity index (χ1) is 9.44. The number of carbonyl (C=O) groups excluding carboxylic acids is 1. The summed E-state index contributed by atoms with van der Waals surface area (Å²) in [6, 6.07) is 11.0. The Balaban J connectivity index is 2.49. The molecule has 0 fully saturated rings. The minimum atomic E-state index is -1.64. The highest BCUT2D eigenvalue weighted by Crippen LogP contribution is 2.24. The molecule has 2 rings (SSSR count). The number of hydrogen-bond acceptors (Lipinski definition) is 2. The van der Waals surface area contributed by atoms with Crippen molar-refractivity contribution >= 4 is 16.7 Å². The zero-order valence-electron chi connectivity index (χ0n) is 12.5. The molecule has 2 aromatic carbocycles. The Labute approximate surface area is 110 Å². The van der Waals surface area contributed by atoms with Crippen LogP contribution < -0.4 is 10.1 Å². The zero-order valence-corrected chi connectivity index (χ0v) is 10.5. The average molecular weight is 245 g/mol. The SMILES string of the molecule is [2H]C([2H])(CNC(C)=O)c1cccc2ccc(OC)cc12. The summed E-state index contributed by atoms with van der Waals surface area (Å²) in [4.78, 5) is 11.0. The van der Waals surface area contributed by atoms with E-state index in [1.54, 1.807) is 13.2 Å². The van der Waals surface area contributed by atoms with Crippen molar-refractivity contribution in [2.45, 2.75) is 13.3 Å². The van der Waals surface area contributed by atoms with Crippen LogP contribution in [0.5, 0.6) is 5.75 Å². The molecule has 0 aromatic heterocycles. The van der Waals surface area contributed by atoms with Gasteiger partial charge >= 0.3 is 0 Å².